The first-order chi connectivity index (χ1) is 15.5. The van der Waals surface area contributed by atoms with Crippen LogP contribution in [0.4, 0.5) is 0 Å². The van der Waals surface area contributed by atoms with E-state index in [1.54, 1.807) is 0 Å². The van der Waals surface area contributed by atoms with Crippen LogP contribution in [0.3, 0.4) is 0 Å². The first-order valence-corrected chi connectivity index (χ1v) is 12.3. The lowest BCUT2D eigenvalue weighted by molar-refractivity contribution is 0.0925. The fourth-order valence-corrected chi connectivity index (χ4v) is 4.00. The molecule has 0 bridgehead atoms. The minimum atomic E-state index is 0.471. The van der Waals surface area contributed by atoms with E-state index in [1.165, 1.54) is 5.56 Å². The zero-order valence-electron chi connectivity index (χ0n) is 21.1. The predicted octanol–water partition coefficient (Wildman–Crippen LogP) is 2.85. The Bertz CT molecular complexity index is 687. The summed E-state index contributed by atoms with van der Waals surface area (Å²) in [4.78, 5) is 9.95. The molecule has 32 heavy (non-hydrogen) atoms. The van der Waals surface area contributed by atoms with E-state index in [9.17, 15) is 0 Å². The molecule has 1 heterocycles. The summed E-state index contributed by atoms with van der Waals surface area (Å²) >= 11 is 0. The molecule has 0 aliphatic carbocycles. The van der Waals surface area contributed by atoms with Gasteiger partial charge in [-0.2, -0.15) is 0 Å². The third-order valence-electron chi connectivity index (χ3n) is 5.87. The van der Waals surface area contributed by atoms with E-state index >= 15 is 0 Å². The zero-order valence-corrected chi connectivity index (χ0v) is 21.1. The van der Waals surface area contributed by atoms with Gasteiger partial charge >= 0.3 is 0 Å². The van der Waals surface area contributed by atoms with E-state index in [1.807, 2.05) is 19.9 Å². The van der Waals surface area contributed by atoms with Crippen LogP contribution in [-0.4, -0.2) is 87.9 Å². The summed E-state index contributed by atoms with van der Waals surface area (Å²) in [6.45, 7) is 19.0. The summed E-state index contributed by atoms with van der Waals surface area (Å²) in [6, 6.07) is 6.68. The molecular formula is C25H45N5O2. The molecule has 0 saturated carbocycles. The topological polar surface area (TPSA) is 61.4 Å². The number of ether oxygens (including phenoxy) is 2. The van der Waals surface area contributed by atoms with Gasteiger partial charge in [-0.05, 0) is 57.9 Å². The van der Waals surface area contributed by atoms with Gasteiger partial charge in [-0.15, -0.1) is 0 Å². The lowest BCUT2D eigenvalue weighted by Gasteiger charge is -2.39. The molecule has 1 fully saturated rings. The molecule has 0 spiro atoms. The number of guanidine groups is 1. The number of nitrogens with zero attached hydrogens (tertiary/aromatic N) is 3. The van der Waals surface area contributed by atoms with E-state index < -0.39 is 0 Å². The number of hydrogen-bond donors (Lipinski definition) is 2. The van der Waals surface area contributed by atoms with Crippen molar-refractivity contribution in [2.75, 3.05) is 66.1 Å². The highest BCUT2D eigenvalue weighted by molar-refractivity contribution is 5.79. The molecule has 2 rings (SSSR count). The second-order valence-electron chi connectivity index (χ2n) is 8.69. The Balaban J connectivity index is 1.94. The highest BCUT2D eigenvalue weighted by Gasteiger charge is 2.24. The van der Waals surface area contributed by atoms with E-state index in [2.05, 4.69) is 60.4 Å². The molecule has 0 radical (unpaired) electrons. The molecule has 0 aromatic heterocycles. The number of benzene rings is 1. The number of nitrogens with one attached hydrogen (secondary N) is 2. The van der Waals surface area contributed by atoms with E-state index in [0.29, 0.717) is 25.2 Å². The quantitative estimate of drug-likeness (QED) is 0.380. The summed E-state index contributed by atoms with van der Waals surface area (Å²) in [5.74, 6) is 3.10. The van der Waals surface area contributed by atoms with Gasteiger partial charge in [0.1, 0.15) is 0 Å². The summed E-state index contributed by atoms with van der Waals surface area (Å²) in [5.41, 5.74) is 1.22. The van der Waals surface area contributed by atoms with E-state index in [0.717, 1.165) is 69.7 Å². The molecule has 2 N–H and O–H groups in total. The first-order valence-electron chi connectivity index (χ1n) is 12.3. The van der Waals surface area contributed by atoms with Gasteiger partial charge in [0.2, 0.25) is 0 Å². The fraction of sp³-hybridized carbons (Fsp3) is 0.720. The summed E-state index contributed by atoms with van der Waals surface area (Å²) in [6.07, 6.45) is 0.892. The molecule has 0 amide bonds. The molecule has 1 saturated heterocycles. The van der Waals surface area contributed by atoms with Gasteiger partial charge in [-0.1, -0.05) is 19.9 Å². The van der Waals surface area contributed by atoms with E-state index in [-0.39, 0.29) is 0 Å². The van der Waals surface area contributed by atoms with Crippen molar-refractivity contribution in [3.8, 4) is 11.5 Å². The molecule has 1 aromatic rings. The van der Waals surface area contributed by atoms with Crippen LogP contribution in [0.15, 0.2) is 23.2 Å². The van der Waals surface area contributed by atoms with Crippen LogP contribution in [0.1, 0.15) is 40.2 Å². The van der Waals surface area contributed by atoms with Gasteiger partial charge in [-0.25, -0.2) is 0 Å². The lowest BCUT2D eigenvalue weighted by atomic mass is 10.0. The Labute approximate surface area is 195 Å². The molecule has 7 nitrogen and oxygen atoms in total. The second-order valence-corrected chi connectivity index (χ2v) is 8.69. The largest absolute Gasteiger partial charge is 0.490 e. The highest BCUT2D eigenvalue weighted by Crippen LogP contribution is 2.28. The van der Waals surface area contributed by atoms with Crippen molar-refractivity contribution in [1.82, 2.24) is 20.4 Å². The molecule has 182 valence electrons. The Hall–Kier alpha value is -1.99. The molecule has 1 aliphatic rings. The third kappa shape index (κ3) is 8.51. The second kappa shape index (κ2) is 14.2. The van der Waals surface area contributed by atoms with Gasteiger partial charge < -0.3 is 25.0 Å². The average molecular weight is 448 g/mol. The van der Waals surface area contributed by atoms with Crippen molar-refractivity contribution in [1.29, 1.82) is 0 Å². The maximum atomic E-state index is 5.76. The summed E-state index contributed by atoms with van der Waals surface area (Å²) in [5, 5.41) is 6.90. The number of piperazine rings is 1. The first kappa shape index (κ1) is 26.3. The number of likely N-dealkylation sites (N-methyl/N-ethyl adjacent to an activating group) is 1. The Kier molecular flexibility index (Phi) is 11.7. The maximum absolute atomic E-state index is 5.76. The highest BCUT2D eigenvalue weighted by atomic mass is 16.5. The smallest absolute Gasteiger partial charge is 0.191 e. The maximum Gasteiger partial charge on any atom is 0.191 e. The Morgan fingerprint density at radius 1 is 1.00 bits per heavy atom. The predicted molar refractivity (Wildman–Crippen MR) is 134 cm³/mol. The number of hydrogen-bond acceptors (Lipinski definition) is 5. The van der Waals surface area contributed by atoms with Gasteiger partial charge in [0.05, 0.1) is 19.8 Å². The minimum absolute atomic E-state index is 0.471. The SMILES string of the molecule is CCNC(=NCC(C(C)C)N1CCN(C)CC1)NCCc1ccc(OCC)c(OCC)c1. The summed E-state index contributed by atoms with van der Waals surface area (Å²) in [7, 11) is 2.20. The van der Waals surface area contributed by atoms with Gasteiger partial charge in [0.15, 0.2) is 17.5 Å². The van der Waals surface area contributed by atoms with Crippen LogP contribution in [0, 0.1) is 5.92 Å². The van der Waals surface area contributed by atoms with Gasteiger partial charge in [-0.3, -0.25) is 9.89 Å². The van der Waals surface area contributed by atoms with Gasteiger partial charge in [0, 0.05) is 45.3 Å². The van der Waals surface area contributed by atoms with Crippen LogP contribution >= 0.6 is 0 Å². The fourth-order valence-electron chi connectivity index (χ4n) is 4.00. The molecule has 1 unspecified atom stereocenters. The lowest BCUT2D eigenvalue weighted by Crippen LogP contribution is -2.52. The molecule has 1 atom stereocenters. The molecule has 7 heteroatoms. The van der Waals surface area contributed by atoms with Crippen LogP contribution < -0.4 is 20.1 Å². The van der Waals surface area contributed by atoms with Crippen LogP contribution in [0.5, 0.6) is 11.5 Å². The third-order valence-corrected chi connectivity index (χ3v) is 5.87. The van der Waals surface area contributed by atoms with Crippen molar-refractivity contribution in [3.63, 3.8) is 0 Å². The van der Waals surface area contributed by atoms with Crippen molar-refractivity contribution in [3.05, 3.63) is 23.8 Å². The van der Waals surface area contributed by atoms with Crippen LogP contribution in [0.2, 0.25) is 0 Å². The van der Waals surface area contributed by atoms with E-state index in [4.69, 9.17) is 14.5 Å². The zero-order chi connectivity index (χ0) is 23.3. The van der Waals surface area contributed by atoms with Crippen molar-refractivity contribution in [2.45, 2.75) is 47.1 Å². The summed E-state index contributed by atoms with van der Waals surface area (Å²) < 4.78 is 11.4. The number of aliphatic imine (C=N–C) groups is 1. The monoisotopic (exact) mass is 447 g/mol. The van der Waals surface area contributed by atoms with Crippen molar-refractivity contribution in [2.24, 2.45) is 10.9 Å². The van der Waals surface area contributed by atoms with Gasteiger partial charge in [0.25, 0.3) is 0 Å². The Morgan fingerprint density at radius 2 is 1.69 bits per heavy atom. The normalized spacial score (nSPS) is 16.8. The number of rotatable bonds is 12. The van der Waals surface area contributed by atoms with Crippen molar-refractivity contribution < 1.29 is 9.47 Å². The minimum Gasteiger partial charge on any atom is -0.490 e. The standard InChI is InChI=1S/C25H45N5O2/c1-7-26-25(28-19-22(20(4)5)30-16-14-29(6)15-17-30)27-13-12-21-10-11-23(31-8-2)24(18-21)32-9-3/h10-11,18,20,22H,7-9,12-17,19H2,1-6H3,(H2,26,27,28). The molecule has 1 aromatic carbocycles. The average Bonchev–Trinajstić information content (AvgIpc) is 2.77. The van der Waals surface area contributed by atoms with Crippen molar-refractivity contribution >= 4 is 5.96 Å². The molecule has 1 aliphatic heterocycles. The Morgan fingerprint density at radius 3 is 2.31 bits per heavy atom. The molecular weight excluding hydrogens is 402 g/mol. The van der Waals surface area contributed by atoms with Crippen LogP contribution in [-0.2, 0) is 6.42 Å². The van der Waals surface area contributed by atoms with Crippen LogP contribution in [0.25, 0.3) is 0 Å².